The summed E-state index contributed by atoms with van der Waals surface area (Å²) < 4.78 is 5.60. The highest BCUT2D eigenvalue weighted by Gasteiger charge is 2.02. The lowest BCUT2D eigenvalue weighted by atomic mass is 9.99. The molecule has 0 aliphatic rings. The Hall–Kier alpha value is -2.64. The summed E-state index contributed by atoms with van der Waals surface area (Å²) in [6, 6.07) is 26.1. The maximum Gasteiger partial charge on any atom is 0.0716 e. The van der Waals surface area contributed by atoms with Crippen molar-refractivity contribution in [3.63, 3.8) is 0 Å². The quantitative estimate of drug-likeness (QED) is 0.328. The summed E-state index contributed by atoms with van der Waals surface area (Å²) in [5.74, 6) is 0. The molecule has 0 radical (unpaired) electrons. The first kappa shape index (κ1) is 18.2. The number of ether oxygens (including phenoxy) is 1. The van der Waals surface area contributed by atoms with Crippen LogP contribution in [0.2, 0.25) is 0 Å². The SMILES string of the molecule is C=CCc1ccc(-c2ccc(-c3ccc(COCCC)cc3)cc2)cc1. The molecule has 0 unspecified atom stereocenters. The average Bonchev–Trinajstić information content (AvgIpc) is 2.70. The van der Waals surface area contributed by atoms with Gasteiger partial charge in [0.2, 0.25) is 0 Å². The van der Waals surface area contributed by atoms with Crippen molar-refractivity contribution in [2.24, 2.45) is 0 Å². The predicted molar refractivity (Wildman–Crippen MR) is 111 cm³/mol. The molecule has 0 spiro atoms. The zero-order valence-corrected chi connectivity index (χ0v) is 15.4. The van der Waals surface area contributed by atoms with E-state index in [1.807, 2.05) is 6.08 Å². The number of rotatable bonds is 8. The third-order valence-corrected chi connectivity index (χ3v) is 4.46. The van der Waals surface area contributed by atoms with Crippen molar-refractivity contribution in [3.05, 3.63) is 96.6 Å². The van der Waals surface area contributed by atoms with Gasteiger partial charge in [-0.15, -0.1) is 6.58 Å². The molecule has 132 valence electrons. The normalized spacial score (nSPS) is 10.7. The van der Waals surface area contributed by atoms with E-state index in [4.69, 9.17) is 4.74 Å². The molecule has 1 nitrogen and oxygen atoms in total. The van der Waals surface area contributed by atoms with Crippen LogP contribution >= 0.6 is 0 Å². The van der Waals surface area contributed by atoms with Crippen molar-refractivity contribution in [1.29, 1.82) is 0 Å². The Bertz CT molecular complexity index is 812. The molecule has 3 aromatic carbocycles. The fourth-order valence-electron chi connectivity index (χ4n) is 2.98. The molecule has 0 amide bonds. The molecule has 0 fully saturated rings. The molecule has 0 aromatic heterocycles. The molecular weight excluding hydrogens is 316 g/mol. The van der Waals surface area contributed by atoms with Crippen molar-refractivity contribution in [2.75, 3.05) is 6.61 Å². The first-order valence-corrected chi connectivity index (χ1v) is 9.27. The van der Waals surface area contributed by atoms with Gasteiger partial charge in [0.05, 0.1) is 6.61 Å². The van der Waals surface area contributed by atoms with E-state index in [9.17, 15) is 0 Å². The Labute approximate surface area is 157 Å². The van der Waals surface area contributed by atoms with Gasteiger partial charge in [-0.05, 0) is 46.2 Å². The van der Waals surface area contributed by atoms with Crippen LogP contribution in [0, 0.1) is 0 Å². The molecule has 26 heavy (non-hydrogen) atoms. The summed E-state index contributed by atoms with van der Waals surface area (Å²) >= 11 is 0. The molecule has 3 rings (SSSR count). The third-order valence-electron chi connectivity index (χ3n) is 4.46. The summed E-state index contributed by atoms with van der Waals surface area (Å²) in [6.45, 7) is 7.43. The highest BCUT2D eigenvalue weighted by atomic mass is 16.5. The largest absolute Gasteiger partial charge is 0.377 e. The molecule has 0 heterocycles. The van der Waals surface area contributed by atoms with Gasteiger partial charge in [0.15, 0.2) is 0 Å². The van der Waals surface area contributed by atoms with Crippen LogP contribution < -0.4 is 0 Å². The van der Waals surface area contributed by atoms with Crippen LogP contribution in [0.15, 0.2) is 85.5 Å². The van der Waals surface area contributed by atoms with Gasteiger partial charge in [0.25, 0.3) is 0 Å². The Morgan fingerprint density at radius 3 is 1.54 bits per heavy atom. The van der Waals surface area contributed by atoms with Crippen LogP contribution in [0.25, 0.3) is 22.3 Å². The molecule has 0 saturated carbocycles. The molecule has 3 aromatic rings. The van der Waals surface area contributed by atoms with Gasteiger partial charge in [0, 0.05) is 6.61 Å². The van der Waals surface area contributed by atoms with Crippen LogP contribution in [0.1, 0.15) is 24.5 Å². The van der Waals surface area contributed by atoms with E-state index in [2.05, 4.69) is 86.3 Å². The molecule has 0 saturated heterocycles. The maximum absolute atomic E-state index is 5.60. The van der Waals surface area contributed by atoms with E-state index in [-0.39, 0.29) is 0 Å². The summed E-state index contributed by atoms with van der Waals surface area (Å²) in [4.78, 5) is 0. The molecule has 0 aliphatic heterocycles. The Balaban J connectivity index is 1.69. The minimum absolute atomic E-state index is 0.689. The second-order valence-electron chi connectivity index (χ2n) is 6.52. The topological polar surface area (TPSA) is 9.23 Å². The van der Waals surface area contributed by atoms with E-state index in [0.717, 1.165) is 19.4 Å². The van der Waals surface area contributed by atoms with Crippen molar-refractivity contribution >= 4 is 0 Å². The van der Waals surface area contributed by atoms with Crippen LogP contribution in [0.4, 0.5) is 0 Å². The predicted octanol–water partition coefficient (Wildman–Crippen LogP) is 6.68. The second-order valence-corrected chi connectivity index (χ2v) is 6.52. The van der Waals surface area contributed by atoms with Gasteiger partial charge < -0.3 is 4.74 Å². The van der Waals surface area contributed by atoms with E-state index >= 15 is 0 Å². The van der Waals surface area contributed by atoms with E-state index in [1.54, 1.807) is 0 Å². The zero-order valence-electron chi connectivity index (χ0n) is 15.4. The van der Waals surface area contributed by atoms with Crippen LogP contribution in [-0.4, -0.2) is 6.61 Å². The summed E-state index contributed by atoms with van der Waals surface area (Å²) in [5.41, 5.74) is 7.47. The van der Waals surface area contributed by atoms with E-state index < -0.39 is 0 Å². The van der Waals surface area contributed by atoms with E-state index in [0.29, 0.717) is 6.61 Å². The molecule has 0 N–H and O–H groups in total. The number of allylic oxidation sites excluding steroid dienone is 1. The van der Waals surface area contributed by atoms with Crippen molar-refractivity contribution in [1.82, 2.24) is 0 Å². The van der Waals surface area contributed by atoms with Crippen molar-refractivity contribution in [3.8, 4) is 22.3 Å². The average molecular weight is 342 g/mol. The smallest absolute Gasteiger partial charge is 0.0716 e. The van der Waals surface area contributed by atoms with Gasteiger partial charge in [0.1, 0.15) is 0 Å². The molecule has 0 aliphatic carbocycles. The lowest BCUT2D eigenvalue weighted by molar-refractivity contribution is 0.121. The first-order chi connectivity index (χ1) is 12.8. The van der Waals surface area contributed by atoms with Crippen LogP contribution in [0.3, 0.4) is 0 Å². The molecule has 0 bridgehead atoms. The Morgan fingerprint density at radius 1 is 0.692 bits per heavy atom. The third kappa shape index (κ3) is 4.71. The molecule has 0 atom stereocenters. The van der Waals surface area contributed by atoms with Gasteiger partial charge >= 0.3 is 0 Å². The van der Waals surface area contributed by atoms with Gasteiger partial charge in [-0.2, -0.15) is 0 Å². The van der Waals surface area contributed by atoms with Crippen LogP contribution in [0.5, 0.6) is 0 Å². The fourth-order valence-corrected chi connectivity index (χ4v) is 2.98. The van der Waals surface area contributed by atoms with Gasteiger partial charge in [-0.3, -0.25) is 0 Å². The highest BCUT2D eigenvalue weighted by Crippen LogP contribution is 2.25. The maximum atomic E-state index is 5.60. The number of hydrogen-bond acceptors (Lipinski definition) is 1. The van der Waals surface area contributed by atoms with Crippen LogP contribution in [-0.2, 0) is 17.8 Å². The lowest BCUT2D eigenvalue weighted by Crippen LogP contribution is -1.93. The molecule has 1 heteroatoms. The van der Waals surface area contributed by atoms with E-state index in [1.165, 1.54) is 33.4 Å². The number of hydrogen-bond donors (Lipinski definition) is 0. The fraction of sp³-hybridized carbons (Fsp3) is 0.200. The summed E-state index contributed by atoms with van der Waals surface area (Å²) in [7, 11) is 0. The first-order valence-electron chi connectivity index (χ1n) is 9.27. The second kappa shape index (κ2) is 9.17. The minimum Gasteiger partial charge on any atom is -0.377 e. The number of benzene rings is 3. The monoisotopic (exact) mass is 342 g/mol. The Morgan fingerprint density at radius 2 is 1.12 bits per heavy atom. The van der Waals surface area contributed by atoms with Crippen molar-refractivity contribution in [2.45, 2.75) is 26.4 Å². The van der Waals surface area contributed by atoms with Gasteiger partial charge in [-0.25, -0.2) is 0 Å². The molecular formula is C25H26O. The van der Waals surface area contributed by atoms with Crippen molar-refractivity contribution < 1.29 is 4.74 Å². The zero-order chi connectivity index (χ0) is 18.2. The highest BCUT2D eigenvalue weighted by molar-refractivity contribution is 5.70. The summed E-state index contributed by atoms with van der Waals surface area (Å²) in [5, 5.41) is 0. The standard InChI is InChI=1S/C25H26O/c1-3-5-20-6-10-22(11-7-20)24-14-16-25(17-15-24)23-12-8-21(9-13-23)19-26-18-4-2/h3,6-17H,1,4-5,18-19H2,2H3. The lowest BCUT2D eigenvalue weighted by Gasteiger charge is -2.07. The minimum atomic E-state index is 0.689. The van der Waals surface area contributed by atoms with Gasteiger partial charge in [-0.1, -0.05) is 85.8 Å². The summed E-state index contributed by atoms with van der Waals surface area (Å²) in [6.07, 6.45) is 3.91. The Kier molecular flexibility index (Phi) is 6.40.